The smallest absolute Gasteiger partial charge is 0.128 e. The predicted molar refractivity (Wildman–Crippen MR) is 82.7 cm³/mol. The Kier molecular flexibility index (Phi) is 3.80. The SMILES string of the molecule is COSC(=Cc1ccccc1)n1nnc2ccccc21. The van der Waals surface area contributed by atoms with Crippen molar-refractivity contribution < 1.29 is 4.18 Å². The highest BCUT2D eigenvalue weighted by Gasteiger charge is 2.09. The number of fused-ring (bicyclic) bond motifs is 1. The van der Waals surface area contributed by atoms with Gasteiger partial charge in [-0.1, -0.05) is 47.7 Å². The number of para-hydroxylation sites is 1. The molecule has 3 rings (SSSR count). The van der Waals surface area contributed by atoms with Gasteiger partial charge in [0.25, 0.3) is 0 Å². The lowest BCUT2D eigenvalue weighted by Gasteiger charge is -2.06. The molecule has 0 atom stereocenters. The maximum atomic E-state index is 5.21. The average Bonchev–Trinajstić information content (AvgIpc) is 2.92. The molecule has 0 aliphatic carbocycles. The van der Waals surface area contributed by atoms with Crippen LogP contribution in [0.15, 0.2) is 54.6 Å². The molecule has 0 amide bonds. The van der Waals surface area contributed by atoms with E-state index < -0.39 is 0 Å². The van der Waals surface area contributed by atoms with Gasteiger partial charge in [-0.25, -0.2) is 4.68 Å². The van der Waals surface area contributed by atoms with Crippen molar-refractivity contribution in [3.8, 4) is 0 Å². The lowest BCUT2D eigenvalue weighted by atomic mass is 10.2. The number of aromatic nitrogens is 3. The molecular weight excluding hydrogens is 270 g/mol. The molecule has 0 aliphatic rings. The lowest BCUT2D eigenvalue weighted by Crippen LogP contribution is -1.97. The minimum Gasteiger partial charge on any atom is -0.312 e. The summed E-state index contributed by atoms with van der Waals surface area (Å²) >= 11 is 1.27. The minimum atomic E-state index is 0.864. The third-order valence-electron chi connectivity index (χ3n) is 2.82. The Morgan fingerprint density at radius 1 is 1.10 bits per heavy atom. The van der Waals surface area contributed by atoms with Crippen LogP contribution in [0.25, 0.3) is 22.1 Å². The van der Waals surface area contributed by atoms with E-state index in [0.29, 0.717) is 0 Å². The number of nitrogens with zero attached hydrogens (tertiary/aromatic N) is 3. The summed E-state index contributed by atoms with van der Waals surface area (Å²) in [5, 5.41) is 9.24. The second-order valence-electron chi connectivity index (χ2n) is 4.13. The summed E-state index contributed by atoms with van der Waals surface area (Å²) in [6.07, 6.45) is 2.02. The van der Waals surface area contributed by atoms with Crippen molar-refractivity contribution in [2.45, 2.75) is 0 Å². The van der Waals surface area contributed by atoms with Crippen LogP contribution < -0.4 is 0 Å². The summed E-state index contributed by atoms with van der Waals surface area (Å²) in [4.78, 5) is 0. The summed E-state index contributed by atoms with van der Waals surface area (Å²) < 4.78 is 7.00. The van der Waals surface area contributed by atoms with E-state index in [1.54, 1.807) is 11.8 Å². The molecule has 0 bridgehead atoms. The lowest BCUT2D eigenvalue weighted by molar-refractivity contribution is 0.494. The maximum absolute atomic E-state index is 5.21. The number of benzene rings is 2. The Labute approximate surface area is 121 Å². The van der Waals surface area contributed by atoms with E-state index >= 15 is 0 Å². The first-order chi connectivity index (χ1) is 9.88. The quantitative estimate of drug-likeness (QED) is 0.685. The van der Waals surface area contributed by atoms with E-state index in [1.807, 2.05) is 60.7 Å². The van der Waals surface area contributed by atoms with Crippen LogP contribution in [-0.4, -0.2) is 22.1 Å². The summed E-state index contributed by atoms with van der Waals surface area (Å²) in [7, 11) is 1.64. The van der Waals surface area contributed by atoms with Gasteiger partial charge < -0.3 is 4.18 Å². The number of rotatable bonds is 4. The van der Waals surface area contributed by atoms with Crippen molar-refractivity contribution in [2.75, 3.05) is 7.11 Å². The molecule has 2 aromatic carbocycles. The molecule has 0 unspecified atom stereocenters. The van der Waals surface area contributed by atoms with Crippen molar-refractivity contribution in [3.05, 3.63) is 60.2 Å². The van der Waals surface area contributed by atoms with Crippen LogP contribution in [-0.2, 0) is 4.18 Å². The van der Waals surface area contributed by atoms with Crippen LogP contribution in [0.2, 0.25) is 0 Å². The monoisotopic (exact) mass is 283 g/mol. The van der Waals surface area contributed by atoms with Gasteiger partial charge >= 0.3 is 0 Å². The third kappa shape index (κ3) is 2.59. The fraction of sp³-hybridized carbons (Fsp3) is 0.0667. The van der Waals surface area contributed by atoms with E-state index in [1.165, 1.54) is 12.0 Å². The van der Waals surface area contributed by atoms with Crippen LogP contribution in [0.3, 0.4) is 0 Å². The molecule has 0 spiro atoms. The summed E-state index contributed by atoms with van der Waals surface area (Å²) in [5.74, 6) is 0. The van der Waals surface area contributed by atoms with Gasteiger partial charge in [0.15, 0.2) is 0 Å². The van der Waals surface area contributed by atoms with Gasteiger partial charge in [0.05, 0.1) is 12.6 Å². The molecule has 1 heterocycles. The fourth-order valence-electron chi connectivity index (χ4n) is 1.93. The topological polar surface area (TPSA) is 39.9 Å². The molecule has 0 N–H and O–H groups in total. The first kappa shape index (κ1) is 12.9. The van der Waals surface area contributed by atoms with Gasteiger partial charge in [-0.2, -0.15) is 0 Å². The van der Waals surface area contributed by atoms with Gasteiger partial charge in [-0.15, -0.1) is 5.10 Å². The molecule has 0 saturated carbocycles. The molecule has 0 saturated heterocycles. The summed E-state index contributed by atoms with van der Waals surface area (Å²) in [6.45, 7) is 0. The Bertz CT molecular complexity index is 737. The molecule has 4 nitrogen and oxygen atoms in total. The Morgan fingerprint density at radius 2 is 1.85 bits per heavy atom. The molecule has 1 aromatic heterocycles. The first-order valence-electron chi connectivity index (χ1n) is 6.17. The first-order valence-corrected chi connectivity index (χ1v) is 6.91. The van der Waals surface area contributed by atoms with Crippen molar-refractivity contribution in [3.63, 3.8) is 0 Å². The highest BCUT2D eigenvalue weighted by Crippen LogP contribution is 2.26. The highest BCUT2D eigenvalue weighted by molar-refractivity contribution is 8.03. The van der Waals surface area contributed by atoms with Crippen LogP contribution in [0.4, 0.5) is 0 Å². The molecule has 5 heteroatoms. The van der Waals surface area contributed by atoms with Crippen molar-refractivity contribution >= 4 is 34.2 Å². The number of hydrogen-bond donors (Lipinski definition) is 0. The van der Waals surface area contributed by atoms with Gasteiger partial charge in [-0.3, -0.25) is 0 Å². The predicted octanol–water partition coefficient (Wildman–Crippen LogP) is 3.68. The summed E-state index contributed by atoms with van der Waals surface area (Å²) in [5.41, 5.74) is 2.91. The zero-order valence-corrected chi connectivity index (χ0v) is 11.7. The highest BCUT2D eigenvalue weighted by atomic mass is 32.2. The van der Waals surface area contributed by atoms with Gasteiger partial charge in [-0.05, 0) is 23.8 Å². The van der Waals surface area contributed by atoms with Gasteiger partial charge in [0, 0.05) is 12.0 Å². The molecule has 100 valence electrons. The molecule has 0 aliphatic heterocycles. The van der Waals surface area contributed by atoms with E-state index in [4.69, 9.17) is 4.18 Å². The molecule has 3 aromatic rings. The maximum Gasteiger partial charge on any atom is 0.128 e. The van der Waals surface area contributed by atoms with Gasteiger partial charge in [0.2, 0.25) is 0 Å². The average molecular weight is 283 g/mol. The van der Waals surface area contributed by atoms with Crippen molar-refractivity contribution in [1.29, 1.82) is 0 Å². The second kappa shape index (κ2) is 5.90. The van der Waals surface area contributed by atoms with Crippen LogP contribution >= 0.6 is 12.0 Å². The molecular formula is C15H13N3OS. The van der Waals surface area contributed by atoms with Gasteiger partial charge in [0.1, 0.15) is 10.5 Å². The van der Waals surface area contributed by atoms with Crippen molar-refractivity contribution in [1.82, 2.24) is 15.0 Å². The van der Waals surface area contributed by atoms with Crippen LogP contribution in [0, 0.1) is 0 Å². The van der Waals surface area contributed by atoms with E-state index in [2.05, 4.69) is 10.3 Å². The van der Waals surface area contributed by atoms with E-state index in [0.717, 1.165) is 21.6 Å². The Balaban J connectivity index is 2.09. The van der Waals surface area contributed by atoms with E-state index in [9.17, 15) is 0 Å². The second-order valence-corrected chi connectivity index (χ2v) is 5.05. The summed E-state index contributed by atoms with van der Waals surface area (Å²) in [6, 6.07) is 17.9. The van der Waals surface area contributed by atoms with Crippen molar-refractivity contribution in [2.24, 2.45) is 0 Å². The fourth-order valence-corrected chi connectivity index (χ4v) is 2.49. The third-order valence-corrected chi connectivity index (χ3v) is 3.45. The molecule has 0 radical (unpaired) electrons. The standard InChI is InChI=1S/C15H13N3OS/c1-19-20-15(11-12-7-3-2-4-8-12)18-14-10-6-5-9-13(14)16-17-18/h2-11H,1H3. The minimum absolute atomic E-state index is 0.864. The van der Waals surface area contributed by atoms with E-state index in [-0.39, 0.29) is 0 Å². The zero-order valence-electron chi connectivity index (χ0n) is 10.9. The molecule has 20 heavy (non-hydrogen) atoms. The largest absolute Gasteiger partial charge is 0.312 e. The Morgan fingerprint density at radius 3 is 2.65 bits per heavy atom. The van der Waals surface area contributed by atoms with Crippen LogP contribution in [0.5, 0.6) is 0 Å². The molecule has 0 fully saturated rings. The zero-order chi connectivity index (χ0) is 13.8. The number of hydrogen-bond acceptors (Lipinski definition) is 4. The normalized spacial score (nSPS) is 11.9. The van der Waals surface area contributed by atoms with Crippen LogP contribution in [0.1, 0.15) is 5.56 Å². The Hall–Kier alpha value is -2.11.